The van der Waals surface area contributed by atoms with Gasteiger partial charge in [0.2, 0.25) is 0 Å². The Bertz CT molecular complexity index is 1520. The minimum Gasteiger partial charge on any atom is -0.507 e. The number of benzene rings is 3. The number of aromatic hydroxyl groups is 1. The molecule has 0 saturated carbocycles. The molecule has 0 aliphatic rings. The second-order valence-electron chi connectivity index (χ2n) is 8.60. The van der Waals surface area contributed by atoms with E-state index in [4.69, 9.17) is 0 Å². The van der Waals surface area contributed by atoms with E-state index in [0.717, 1.165) is 34.3 Å². The van der Waals surface area contributed by atoms with E-state index in [2.05, 4.69) is 48.8 Å². The fourth-order valence-corrected chi connectivity index (χ4v) is 4.45. The maximum Gasteiger partial charge on any atom is 0.251 e. The normalized spacial score (nSPS) is 10.9. The van der Waals surface area contributed by atoms with E-state index in [1.54, 1.807) is 22.8 Å². The molecule has 0 bridgehead atoms. The summed E-state index contributed by atoms with van der Waals surface area (Å²) in [4.78, 5) is 17.2. The largest absolute Gasteiger partial charge is 0.507 e. The highest BCUT2D eigenvalue weighted by Crippen LogP contribution is 2.31. The molecule has 5 rings (SSSR count). The number of nitrogens with one attached hydrogen (secondary N) is 2. The van der Waals surface area contributed by atoms with Crippen molar-refractivity contribution in [2.45, 2.75) is 12.8 Å². The first-order valence-corrected chi connectivity index (χ1v) is 12.9. The lowest BCUT2D eigenvalue weighted by Gasteiger charge is -2.12. The number of fused-ring (bicyclic) bond motifs is 1. The first kappa shape index (κ1) is 24.5. The smallest absolute Gasteiger partial charge is 0.251 e. The van der Waals surface area contributed by atoms with Gasteiger partial charge in [-0.2, -0.15) is 9.61 Å². The summed E-state index contributed by atoms with van der Waals surface area (Å²) in [5.74, 6) is 0.875. The van der Waals surface area contributed by atoms with E-state index in [-0.39, 0.29) is 11.7 Å². The molecule has 0 atom stereocenters. The zero-order valence-corrected chi connectivity index (χ0v) is 21.6. The van der Waals surface area contributed by atoms with Gasteiger partial charge in [-0.05, 0) is 64.2 Å². The van der Waals surface area contributed by atoms with Crippen LogP contribution in [0.25, 0.3) is 28.0 Å². The maximum absolute atomic E-state index is 12.5. The lowest BCUT2D eigenvalue weighted by atomic mass is 10.0. The van der Waals surface area contributed by atoms with Gasteiger partial charge in [0.15, 0.2) is 5.65 Å². The summed E-state index contributed by atoms with van der Waals surface area (Å²) in [6.07, 6.45) is 3.37. The van der Waals surface area contributed by atoms with Crippen molar-refractivity contribution >= 4 is 33.3 Å². The summed E-state index contributed by atoms with van der Waals surface area (Å²) in [5.41, 5.74) is 4.83. The number of halogens is 1. The molecule has 0 aliphatic heterocycles. The number of phenolic OH excluding ortho intramolecular Hbond substituents is 1. The van der Waals surface area contributed by atoms with Gasteiger partial charge in [0.1, 0.15) is 11.6 Å². The molecule has 3 aromatic carbocycles. The SMILES string of the molecule is O=C(NCCCCNc1cc(-c2ccccc2O)nc2c(Br)cnn12)c1ccc(-c2ccccc2)cc1. The molecule has 8 heteroatoms. The van der Waals surface area contributed by atoms with Crippen molar-refractivity contribution in [1.29, 1.82) is 0 Å². The number of hydrogen-bond acceptors (Lipinski definition) is 5. The average molecular weight is 556 g/mol. The van der Waals surface area contributed by atoms with Crippen LogP contribution in [0.2, 0.25) is 0 Å². The van der Waals surface area contributed by atoms with Crippen molar-refractivity contribution in [3.63, 3.8) is 0 Å². The lowest BCUT2D eigenvalue weighted by Crippen LogP contribution is -2.24. The standard InChI is InChI=1S/C29H26BrN5O2/c30-24-19-33-35-27(18-25(34-28(24)35)23-10-4-5-11-26(23)36)31-16-6-7-17-32-29(37)22-14-12-21(13-15-22)20-8-2-1-3-9-20/h1-5,8-15,18-19,31,36H,6-7,16-17H2,(H,32,37). The molecule has 3 N–H and O–H groups in total. The fourth-order valence-electron chi connectivity index (χ4n) is 4.11. The van der Waals surface area contributed by atoms with Crippen LogP contribution in [0, 0.1) is 0 Å². The summed E-state index contributed by atoms with van der Waals surface area (Å²) in [6, 6.07) is 26.8. The number of unbranched alkanes of at least 4 members (excludes halogenated alkanes) is 1. The van der Waals surface area contributed by atoms with Crippen LogP contribution >= 0.6 is 15.9 Å². The summed E-state index contributed by atoms with van der Waals surface area (Å²) in [7, 11) is 0. The number of carbonyl (C=O) groups is 1. The van der Waals surface area contributed by atoms with Crippen LogP contribution in [0.5, 0.6) is 5.75 Å². The maximum atomic E-state index is 12.5. The van der Waals surface area contributed by atoms with Gasteiger partial charge < -0.3 is 15.7 Å². The predicted octanol–water partition coefficient (Wildman–Crippen LogP) is 6.15. The van der Waals surface area contributed by atoms with E-state index in [9.17, 15) is 9.90 Å². The predicted molar refractivity (Wildman–Crippen MR) is 150 cm³/mol. The first-order chi connectivity index (χ1) is 18.1. The van der Waals surface area contributed by atoms with Crippen molar-refractivity contribution < 1.29 is 9.90 Å². The molecule has 0 spiro atoms. The van der Waals surface area contributed by atoms with Crippen molar-refractivity contribution in [2.24, 2.45) is 0 Å². The third-order valence-corrected chi connectivity index (χ3v) is 6.62. The fraction of sp³-hybridized carbons (Fsp3) is 0.138. The van der Waals surface area contributed by atoms with Gasteiger partial charge in [-0.3, -0.25) is 4.79 Å². The molecule has 7 nitrogen and oxygen atoms in total. The van der Waals surface area contributed by atoms with Gasteiger partial charge in [-0.1, -0.05) is 54.6 Å². The van der Waals surface area contributed by atoms with Crippen molar-refractivity contribution in [3.05, 3.63) is 101 Å². The molecular weight excluding hydrogens is 530 g/mol. The number of rotatable bonds is 9. The second-order valence-corrected chi connectivity index (χ2v) is 9.46. The molecule has 0 unspecified atom stereocenters. The minimum absolute atomic E-state index is 0.0721. The molecule has 1 amide bonds. The van der Waals surface area contributed by atoms with E-state index in [0.29, 0.717) is 35.6 Å². The Kier molecular flexibility index (Phi) is 7.46. The van der Waals surface area contributed by atoms with Crippen molar-refractivity contribution in [2.75, 3.05) is 18.4 Å². The highest BCUT2D eigenvalue weighted by molar-refractivity contribution is 9.10. The van der Waals surface area contributed by atoms with Crippen LogP contribution in [-0.2, 0) is 0 Å². The topological polar surface area (TPSA) is 91.5 Å². The highest BCUT2D eigenvalue weighted by atomic mass is 79.9. The Labute approximate surface area is 223 Å². The Hall–Kier alpha value is -4.17. The van der Waals surface area contributed by atoms with Crippen molar-refractivity contribution in [3.8, 4) is 28.1 Å². The molecule has 0 radical (unpaired) electrons. The van der Waals surface area contributed by atoms with E-state index in [1.165, 1.54) is 0 Å². The summed E-state index contributed by atoms with van der Waals surface area (Å²) in [6.45, 7) is 1.28. The molecular formula is C29H26BrN5O2. The zero-order valence-electron chi connectivity index (χ0n) is 20.1. The summed E-state index contributed by atoms with van der Waals surface area (Å²) < 4.78 is 2.50. The Balaban J connectivity index is 1.14. The van der Waals surface area contributed by atoms with E-state index < -0.39 is 0 Å². The molecule has 0 saturated heterocycles. The second kappa shape index (κ2) is 11.3. The zero-order chi connectivity index (χ0) is 25.6. The van der Waals surface area contributed by atoms with Gasteiger partial charge in [0.05, 0.1) is 16.4 Å². The average Bonchev–Trinajstić information content (AvgIpc) is 3.32. The number of carbonyl (C=O) groups excluding carboxylic acids is 1. The number of phenols is 1. The van der Waals surface area contributed by atoms with Gasteiger partial charge in [0, 0.05) is 30.3 Å². The van der Waals surface area contributed by atoms with Crippen LogP contribution in [0.4, 0.5) is 5.82 Å². The van der Waals surface area contributed by atoms with E-state index in [1.807, 2.05) is 60.7 Å². The summed E-state index contributed by atoms with van der Waals surface area (Å²) in [5, 5.41) is 21.1. The highest BCUT2D eigenvalue weighted by Gasteiger charge is 2.13. The Morgan fingerprint density at radius 2 is 1.59 bits per heavy atom. The molecule has 37 heavy (non-hydrogen) atoms. The van der Waals surface area contributed by atoms with Gasteiger partial charge in [-0.15, -0.1) is 0 Å². The number of amides is 1. The van der Waals surface area contributed by atoms with Crippen LogP contribution in [0.3, 0.4) is 0 Å². The molecule has 0 fully saturated rings. The van der Waals surface area contributed by atoms with Crippen LogP contribution in [0.15, 0.2) is 95.6 Å². The van der Waals surface area contributed by atoms with Gasteiger partial charge >= 0.3 is 0 Å². The van der Waals surface area contributed by atoms with Crippen LogP contribution in [0.1, 0.15) is 23.2 Å². The molecule has 2 aromatic heterocycles. The van der Waals surface area contributed by atoms with Crippen LogP contribution < -0.4 is 10.6 Å². The first-order valence-electron chi connectivity index (χ1n) is 12.1. The van der Waals surface area contributed by atoms with E-state index >= 15 is 0 Å². The Morgan fingerprint density at radius 3 is 2.38 bits per heavy atom. The van der Waals surface area contributed by atoms with Gasteiger partial charge in [-0.25, -0.2) is 4.98 Å². The molecule has 186 valence electrons. The minimum atomic E-state index is -0.0721. The quantitative estimate of drug-likeness (QED) is 0.190. The number of hydrogen-bond donors (Lipinski definition) is 3. The number of para-hydroxylation sites is 1. The third-order valence-electron chi connectivity index (χ3n) is 6.06. The number of aromatic nitrogens is 3. The summed E-state index contributed by atoms with van der Waals surface area (Å²) >= 11 is 3.50. The van der Waals surface area contributed by atoms with Crippen LogP contribution in [-0.4, -0.2) is 38.7 Å². The number of anilines is 1. The molecule has 0 aliphatic carbocycles. The molecule has 5 aromatic rings. The lowest BCUT2D eigenvalue weighted by molar-refractivity contribution is 0.0953. The van der Waals surface area contributed by atoms with Crippen molar-refractivity contribution in [1.82, 2.24) is 19.9 Å². The van der Waals surface area contributed by atoms with Gasteiger partial charge in [0.25, 0.3) is 5.91 Å². The number of nitrogens with zero attached hydrogens (tertiary/aromatic N) is 3. The Morgan fingerprint density at radius 1 is 0.892 bits per heavy atom. The molecule has 2 heterocycles. The monoisotopic (exact) mass is 555 g/mol. The third kappa shape index (κ3) is 5.65.